The SMILES string of the molecule is N#Cc1ccc(CS(=O)(=O)CC(N)=O)c(Cl)c1. The summed E-state index contributed by atoms with van der Waals surface area (Å²) in [5.41, 5.74) is 5.50. The summed E-state index contributed by atoms with van der Waals surface area (Å²) >= 11 is 5.82. The van der Waals surface area contributed by atoms with E-state index in [9.17, 15) is 13.2 Å². The largest absolute Gasteiger partial charge is 0.369 e. The fourth-order valence-electron chi connectivity index (χ4n) is 1.24. The first-order chi connectivity index (χ1) is 7.84. The van der Waals surface area contributed by atoms with E-state index >= 15 is 0 Å². The zero-order valence-corrected chi connectivity index (χ0v) is 10.3. The number of primary amides is 1. The van der Waals surface area contributed by atoms with E-state index in [0.717, 1.165) is 0 Å². The number of nitrogens with zero attached hydrogens (tertiary/aromatic N) is 1. The van der Waals surface area contributed by atoms with E-state index in [0.29, 0.717) is 11.1 Å². The Morgan fingerprint density at radius 1 is 1.47 bits per heavy atom. The molecule has 5 nitrogen and oxygen atoms in total. The van der Waals surface area contributed by atoms with E-state index in [1.54, 1.807) is 0 Å². The van der Waals surface area contributed by atoms with Crippen molar-refractivity contribution in [2.75, 3.05) is 5.75 Å². The first-order valence-corrected chi connectivity index (χ1v) is 6.71. The summed E-state index contributed by atoms with van der Waals surface area (Å²) in [5, 5.41) is 8.79. The first kappa shape index (κ1) is 13.5. The summed E-state index contributed by atoms with van der Waals surface area (Å²) in [6, 6.07) is 6.16. The molecule has 0 unspecified atom stereocenters. The van der Waals surface area contributed by atoms with Crippen molar-refractivity contribution in [3.05, 3.63) is 34.3 Å². The quantitative estimate of drug-likeness (QED) is 0.868. The second-order valence-corrected chi connectivity index (χ2v) is 5.89. The van der Waals surface area contributed by atoms with Crippen molar-refractivity contribution >= 4 is 27.3 Å². The Morgan fingerprint density at radius 2 is 2.12 bits per heavy atom. The molecular weight excluding hydrogens is 264 g/mol. The van der Waals surface area contributed by atoms with Gasteiger partial charge in [-0.15, -0.1) is 0 Å². The van der Waals surface area contributed by atoms with Crippen LogP contribution in [0, 0.1) is 11.3 Å². The number of carbonyl (C=O) groups is 1. The monoisotopic (exact) mass is 272 g/mol. The highest BCUT2D eigenvalue weighted by Gasteiger charge is 2.17. The van der Waals surface area contributed by atoms with Crippen molar-refractivity contribution in [2.24, 2.45) is 5.73 Å². The third-order valence-corrected chi connectivity index (χ3v) is 3.75. The van der Waals surface area contributed by atoms with Crippen LogP contribution in [0.1, 0.15) is 11.1 Å². The second kappa shape index (κ2) is 5.17. The maximum absolute atomic E-state index is 11.5. The lowest BCUT2D eigenvalue weighted by Gasteiger charge is -2.04. The van der Waals surface area contributed by atoms with Crippen LogP contribution in [-0.4, -0.2) is 20.1 Å². The predicted molar refractivity (Wildman–Crippen MR) is 62.9 cm³/mol. The Balaban J connectivity index is 2.97. The number of nitrogens with two attached hydrogens (primary N) is 1. The molecule has 0 radical (unpaired) electrons. The van der Waals surface area contributed by atoms with Crippen LogP contribution in [0.4, 0.5) is 0 Å². The zero-order chi connectivity index (χ0) is 13.1. The van der Waals surface area contributed by atoms with Crippen molar-refractivity contribution < 1.29 is 13.2 Å². The van der Waals surface area contributed by atoms with Crippen LogP contribution in [0.5, 0.6) is 0 Å². The van der Waals surface area contributed by atoms with Crippen LogP contribution in [0.25, 0.3) is 0 Å². The van der Waals surface area contributed by atoms with E-state index in [4.69, 9.17) is 22.6 Å². The van der Waals surface area contributed by atoms with Gasteiger partial charge < -0.3 is 5.73 Å². The lowest BCUT2D eigenvalue weighted by Crippen LogP contribution is -2.24. The van der Waals surface area contributed by atoms with Crippen molar-refractivity contribution in [1.29, 1.82) is 5.26 Å². The summed E-state index contributed by atoms with van der Waals surface area (Å²) < 4.78 is 23.0. The molecule has 0 saturated carbocycles. The number of amides is 1. The first-order valence-electron chi connectivity index (χ1n) is 4.51. The fraction of sp³-hybridized carbons (Fsp3) is 0.200. The summed E-state index contributed by atoms with van der Waals surface area (Å²) in [5.74, 6) is -2.00. The summed E-state index contributed by atoms with van der Waals surface area (Å²) in [4.78, 5) is 10.6. The number of benzene rings is 1. The van der Waals surface area contributed by atoms with Gasteiger partial charge in [0, 0.05) is 5.02 Å². The molecule has 2 N–H and O–H groups in total. The Labute approximate surface area is 104 Å². The second-order valence-electron chi connectivity index (χ2n) is 3.42. The lowest BCUT2D eigenvalue weighted by molar-refractivity contribution is -0.115. The smallest absolute Gasteiger partial charge is 0.232 e. The Bertz CT molecular complexity index is 590. The molecule has 7 heteroatoms. The van der Waals surface area contributed by atoms with Crippen molar-refractivity contribution in [3.63, 3.8) is 0 Å². The molecule has 90 valence electrons. The predicted octanol–water partition coefficient (Wildman–Crippen LogP) is 0.612. The van der Waals surface area contributed by atoms with Crippen LogP contribution >= 0.6 is 11.6 Å². The number of rotatable bonds is 4. The molecule has 0 aliphatic heterocycles. The number of carbonyl (C=O) groups excluding carboxylic acids is 1. The topological polar surface area (TPSA) is 101 Å². The molecule has 1 aromatic rings. The van der Waals surface area contributed by atoms with Gasteiger partial charge >= 0.3 is 0 Å². The molecule has 0 saturated heterocycles. The summed E-state index contributed by atoms with van der Waals surface area (Å²) in [6.07, 6.45) is 0. The van der Waals surface area contributed by atoms with Crippen LogP contribution in [-0.2, 0) is 20.4 Å². The molecule has 0 fully saturated rings. The van der Waals surface area contributed by atoms with E-state index in [1.807, 2.05) is 6.07 Å². The third kappa shape index (κ3) is 4.06. The van der Waals surface area contributed by atoms with Gasteiger partial charge in [0.25, 0.3) is 0 Å². The minimum atomic E-state index is -3.62. The van der Waals surface area contributed by atoms with Gasteiger partial charge in [-0.3, -0.25) is 4.79 Å². The Hall–Kier alpha value is -1.58. The lowest BCUT2D eigenvalue weighted by atomic mass is 10.2. The molecule has 0 aliphatic carbocycles. The molecule has 0 aromatic heterocycles. The van der Waals surface area contributed by atoms with Gasteiger partial charge in [0.15, 0.2) is 9.84 Å². The maximum atomic E-state index is 11.5. The molecule has 0 spiro atoms. The van der Waals surface area contributed by atoms with E-state index in [-0.39, 0.29) is 10.8 Å². The Kier molecular flexibility index (Phi) is 4.10. The standard InChI is InChI=1S/C10H9ClN2O3S/c11-9-3-7(4-12)1-2-8(9)5-17(15,16)6-10(13)14/h1-3H,5-6H2,(H2,13,14). The van der Waals surface area contributed by atoms with Crippen molar-refractivity contribution in [1.82, 2.24) is 0 Å². The highest BCUT2D eigenvalue weighted by Crippen LogP contribution is 2.20. The van der Waals surface area contributed by atoms with Crippen LogP contribution in [0.3, 0.4) is 0 Å². The molecule has 1 amide bonds. The van der Waals surface area contributed by atoms with Gasteiger partial charge in [-0.1, -0.05) is 17.7 Å². The van der Waals surface area contributed by atoms with E-state index < -0.39 is 21.5 Å². The number of hydrogen-bond acceptors (Lipinski definition) is 4. The normalized spacial score (nSPS) is 10.8. The van der Waals surface area contributed by atoms with Crippen LogP contribution in [0.15, 0.2) is 18.2 Å². The number of nitriles is 1. The van der Waals surface area contributed by atoms with Crippen molar-refractivity contribution in [3.8, 4) is 6.07 Å². The highest BCUT2D eigenvalue weighted by atomic mass is 35.5. The van der Waals surface area contributed by atoms with Gasteiger partial charge in [0.05, 0.1) is 17.4 Å². The number of sulfone groups is 1. The molecule has 0 bridgehead atoms. The van der Waals surface area contributed by atoms with Gasteiger partial charge in [0.1, 0.15) is 5.75 Å². The molecule has 1 aromatic carbocycles. The third-order valence-electron chi connectivity index (χ3n) is 1.92. The molecule has 1 rings (SSSR count). The van der Waals surface area contributed by atoms with Gasteiger partial charge in [-0.05, 0) is 17.7 Å². The van der Waals surface area contributed by atoms with Gasteiger partial charge in [-0.2, -0.15) is 5.26 Å². The Morgan fingerprint density at radius 3 is 2.59 bits per heavy atom. The molecule has 0 atom stereocenters. The van der Waals surface area contributed by atoms with Crippen LogP contribution in [0.2, 0.25) is 5.02 Å². The van der Waals surface area contributed by atoms with E-state index in [2.05, 4.69) is 0 Å². The fourth-order valence-corrected chi connectivity index (χ4v) is 2.83. The average molecular weight is 273 g/mol. The summed E-state index contributed by atoms with van der Waals surface area (Å²) in [7, 11) is -3.62. The molecule has 0 heterocycles. The van der Waals surface area contributed by atoms with Crippen molar-refractivity contribution in [2.45, 2.75) is 5.75 Å². The zero-order valence-electron chi connectivity index (χ0n) is 8.68. The average Bonchev–Trinajstić information content (AvgIpc) is 2.18. The maximum Gasteiger partial charge on any atom is 0.232 e. The van der Waals surface area contributed by atoms with E-state index in [1.165, 1.54) is 18.2 Å². The molecular formula is C10H9ClN2O3S. The molecule has 0 aliphatic rings. The number of halogens is 1. The van der Waals surface area contributed by atoms with Gasteiger partial charge in [0.2, 0.25) is 5.91 Å². The molecule has 17 heavy (non-hydrogen) atoms. The number of hydrogen-bond donors (Lipinski definition) is 1. The highest BCUT2D eigenvalue weighted by molar-refractivity contribution is 7.91. The van der Waals surface area contributed by atoms with Gasteiger partial charge in [-0.25, -0.2) is 8.42 Å². The minimum Gasteiger partial charge on any atom is -0.369 e. The van der Waals surface area contributed by atoms with Crippen LogP contribution < -0.4 is 5.73 Å². The summed E-state index contributed by atoms with van der Waals surface area (Å²) in [6.45, 7) is 0. The minimum absolute atomic E-state index is 0.178.